The molecular formula is C11H9N3O3. The van der Waals surface area contributed by atoms with Crippen LogP contribution >= 0.6 is 0 Å². The number of furan rings is 1. The zero-order valence-electron chi connectivity index (χ0n) is 8.84. The maximum atomic E-state index is 11.4. The smallest absolute Gasteiger partial charge is 0.328 e. The van der Waals surface area contributed by atoms with Gasteiger partial charge in [-0.1, -0.05) is 0 Å². The van der Waals surface area contributed by atoms with E-state index >= 15 is 0 Å². The number of rotatable bonds is 3. The van der Waals surface area contributed by atoms with Crippen LogP contribution in [0.2, 0.25) is 0 Å². The van der Waals surface area contributed by atoms with E-state index in [9.17, 15) is 9.59 Å². The predicted molar refractivity (Wildman–Crippen MR) is 58.4 cm³/mol. The van der Waals surface area contributed by atoms with Gasteiger partial charge in [-0.05, 0) is 12.1 Å². The van der Waals surface area contributed by atoms with Crippen LogP contribution in [0.4, 0.5) is 0 Å². The van der Waals surface area contributed by atoms with Crippen LogP contribution in [-0.2, 0) is 13.0 Å². The number of hydrogen-bond acceptors (Lipinski definition) is 4. The molecule has 0 fully saturated rings. The molecule has 0 bridgehead atoms. The highest BCUT2D eigenvalue weighted by molar-refractivity contribution is 5.21. The van der Waals surface area contributed by atoms with E-state index in [1.54, 1.807) is 24.5 Å². The van der Waals surface area contributed by atoms with Crippen LogP contribution < -0.4 is 11.2 Å². The standard InChI is InChI=1S/C11H9N3O3/c12-6-8-7-14(11(16)13-10(8)15)4-3-9-2-1-5-17-9/h1-2,5,7H,3-4H2,(H,13,15,16). The van der Waals surface area contributed by atoms with E-state index in [1.165, 1.54) is 10.8 Å². The van der Waals surface area contributed by atoms with Crippen molar-refractivity contribution < 1.29 is 4.42 Å². The molecule has 0 radical (unpaired) electrons. The molecule has 0 saturated heterocycles. The molecular weight excluding hydrogens is 222 g/mol. The molecule has 2 aromatic rings. The summed E-state index contributed by atoms with van der Waals surface area (Å²) in [5.41, 5.74) is -1.27. The van der Waals surface area contributed by atoms with Crippen LogP contribution in [-0.4, -0.2) is 9.55 Å². The molecule has 2 aromatic heterocycles. The molecule has 0 unspecified atom stereocenters. The lowest BCUT2D eigenvalue weighted by molar-refractivity contribution is 0.486. The van der Waals surface area contributed by atoms with E-state index in [4.69, 9.17) is 9.68 Å². The minimum absolute atomic E-state index is 0.0796. The lowest BCUT2D eigenvalue weighted by atomic mass is 10.3. The van der Waals surface area contributed by atoms with Gasteiger partial charge in [0.25, 0.3) is 5.56 Å². The molecule has 2 rings (SSSR count). The quantitative estimate of drug-likeness (QED) is 0.819. The van der Waals surface area contributed by atoms with Crippen LogP contribution in [0.5, 0.6) is 0 Å². The van der Waals surface area contributed by atoms with E-state index in [0.717, 1.165) is 5.76 Å². The fourth-order valence-electron chi connectivity index (χ4n) is 1.44. The van der Waals surface area contributed by atoms with Crippen molar-refractivity contribution in [1.29, 1.82) is 5.26 Å². The molecule has 1 N–H and O–H groups in total. The van der Waals surface area contributed by atoms with Crippen molar-refractivity contribution in [2.45, 2.75) is 13.0 Å². The Balaban J connectivity index is 2.25. The Morgan fingerprint density at radius 1 is 1.47 bits per heavy atom. The SMILES string of the molecule is N#Cc1cn(CCc2ccco2)c(=O)[nH]c1=O. The van der Waals surface area contributed by atoms with Gasteiger partial charge in [-0.3, -0.25) is 14.3 Å². The average Bonchev–Trinajstić information content (AvgIpc) is 2.81. The molecule has 0 amide bonds. The van der Waals surface area contributed by atoms with Crippen molar-refractivity contribution >= 4 is 0 Å². The van der Waals surface area contributed by atoms with Crippen LogP contribution in [0.15, 0.2) is 38.6 Å². The zero-order valence-corrected chi connectivity index (χ0v) is 8.84. The number of aryl methyl sites for hydroxylation is 2. The predicted octanol–water partition coefficient (Wildman–Crippen LogP) is 0.244. The number of aromatic nitrogens is 2. The summed E-state index contributed by atoms with van der Waals surface area (Å²) in [6.07, 6.45) is 3.32. The van der Waals surface area contributed by atoms with Gasteiger partial charge in [-0.25, -0.2) is 4.79 Å². The largest absolute Gasteiger partial charge is 0.469 e. The summed E-state index contributed by atoms with van der Waals surface area (Å²) in [6.45, 7) is 0.345. The van der Waals surface area contributed by atoms with E-state index in [0.29, 0.717) is 13.0 Å². The maximum Gasteiger partial charge on any atom is 0.328 e. The van der Waals surface area contributed by atoms with Crippen LogP contribution in [0.1, 0.15) is 11.3 Å². The molecule has 6 heteroatoms. The molecule has 86 valence electrons. The first-order valence-corrected chi connectivity index (χ1v) is 4.97. The average molecular weight is 231 g/mol. The summed E-state index contributed by atoms with van der Waals surface area (Å²) >= 11 is 0. The van der Waals surface area contributed by atoms with Crippen molar-refractivity contribution in [2.75, 3.05) is 0 Å². The highest BCUT2D eigenvalue weighted by atomic mass is 16.3. The molecule has 17 heavy (non-hydrogen) atoms. The van der Waals surface area contributed by atoms with Crippen molar-refractivity contribution in [1.82, 2.24) is 9.55 Å². The second kappa shape index (κ2) is 4.53. The fraction of sp³-hybridized carbons (Fsp3) is 0.182. The topological polar surface area (TPSA) is 91.8 Å². The number of aromatic amines is 1. The summed E-state index contributed by atoms with van der Waals surface area (Å²) < 4.78 is 6.40. The number of nitriles is 1. The molecule has 0 atom stereocenters. The molecule has 0 aliphatic rings. The summed E-state index contributed by atoms with van der Waals surface area (Å²) in [5.74, 6) is 0.738. The van der Waals surface area contributed by atoms with Crippen molar-refractivity contribution in [3.63, 3.8) is 0 Å². The van der Waals surface area contributed by atoms with Crippen LogP contribution in [0.25, 0.3) is 0 Å². The third-order valence-electron chi connectivity index (χ3n) is 2.31. The molecule has 0 aliphatic heterocycles. The third-order valence-corrected chi connectivity index (χ3v) is 2.31. The van der Waals surface area contributed by atoms with Gasteiger partial charge in [0, 0.05) is 19.2 Å². The third kappa shape index (κ3) is 2.34. The number of nitrogens with zero attached hydrogens (tertiary/aromatic N) is 2. The van der Waals surface area contributed by atoms with Gasteiger partial charge >= 0.3 is 5.69 Å². The molecule has 0 aromatic carbocycles. The first-order valence-electron chi connectivity index (χ1n) is 4.97. The minimum Gasteiger partial charge on any atom is -0.469 e. The Kier molecular flexibility index (Phi) is 2.92. The number of H-pyrrole nitrogens is 1. The van der Waals surface area contributed by atoms with Gasteiger partial charge in [0.15, 0.2) is 0 Å². The van der Waals surface area contributed by atoms with Crippen molar-refractivity contribution in [2.24, 2.45) is 0 Å². The second-order valence-electron chi connectivity index (χ2n) is 3.44. The molecule has 0 spiro atoms. The zero-order chi connectivity index (χ0) is 12.3. The Hall–Kier alpha value is -2.55. The highest BCUT2D eigenvalue weighted by Crippen LogP contribution is 2.01. The van der Waals surface area contributed by atoms with Crippen molar-refractivity contribution in [3.8, 4) is 6.07 Å². The number of nitrogens with one attached hydrogen (secondary N) is 1. The Labute approximate surface area is 95.7 Å². The fourth-order valence-corrected chi connectivity index (χ4v) is 1.44. The van der Waals surface area contributed by atoms with Gasteiger partial charge in [0.1, 0.15) is 17.4 Å². The van der Waals surface area contributed by atoms with E-state index in [-0.39, 0.29) is 5.56 Å². The number of hydrogen-bond donors (Lipinski definition) is 1. The minimum atomic E-state index is -0.660. The first-order chi connectivity index (χ1) is 8.20. The van der Waals surface area contributed by atoms with Gasteiger partial charge in [0.05, 0.1) is 6.26 Å². The van der Waals surface area contributed by atoms with Gasteiger partial charge in [-0.15, -0.1) is 0 Å². The highest BCUT2D eigenvalue weighted by Gasteiger charge is 2.04. The molecule has 2 heterocycles. The van der Waals surface area contributed by atoms with Gasteiger partial charge < -0.3 is 4.42 Å². The first kappa shape index (κ1) is 11.0. The van der Waals surface area contributed by atoms with E-state index in [1.807, 2.05) is 0 Å². The summed E-state index contributed by atoms with van der Waals surface area (Å²) in [5, 5.41) is 8.68. The van der Waals surface area contributed by atoms with Crippen LogP contribution in [0, 0.1) is 11.3 Å². The van der Waals surface area contributed by atoms with Gasteiger partial charge in [0.2, 0.25) is 0 Å². The van der Waals surface area contributed by atoms with Crippen molar-refractivity contribution in [3.05, 3.63) is 56.8 Å². The second-order valence-corrected chi connectivity index (χ2v) is 3.44. The molecule has 0 aliphatic carbocycles. The Morgan fingerprint density at radius 2 is 2.29 bits per heavy atom. The van der Waals surface area contributed by atoms with E-state index < -0.39 is 11.2 Å². The lowest BCUT2D eigenvalue weighted by Gasteiger charge is -2.03. The monoisotopic (exact) mass is 231 g/mol. The summed E-state index contributed by atoms with van der Waals surface area (Å²) in [6, 6.07) is 5.28. The Morgan fingerprint density at radius 3 is 2.94 bits per heavy atom. The molecule has 6 nitrogen and oxygen atoms in total. The lowest BCUT2D eigenvalue weighted by Crippen LogP contribution is -2.31. The normalized spacial score (nSPS) is 10.1. The summed E-state index contributed by atoms with van der Waals surface area (Å²) in [7, 11) is 0. The van der Waals surface area contributed by atoms with Crippen LogP contribution in [0.3, 0.4) is 0 Å². The summed E-state index contributed by atoms with van der Waals surface area (Å²) in [4.78, 5) is 24.7. The Bertz CT molecular complexity index is 659. The van der Waals surface area contributed by atoms with Gasteiger partial charge in [-0.2, -0.15) is 5.26 Å². The maximum absolute atomic E-state index is 11.4. The molecule has 0 saturated carbocycles. The van der Waals surface area contributed by atoms with E-state index in [2.05, 4.69) is 4.98 Å².